The Kier molecular flexibility index (Phi) is 6.85. The van der Waals surface area contributed by atoms with Crippen molar-refractivity contribution >= 4 is 33.5 Å². The summed E-state index contributed by atoms with van der Waals surface area (Å²) in [5, 5.41) is 25.1. The summed E-state index contributed by atoms with van der Waals surface area (Å²) >= 11 is 0. The number of rotatable bonds is 6. The summed E-state index contributed by atoms with van der Waals surface area (Å²) in [6.45, 7) is 5.09. The molecule has 2 aromatic carbocycles. The van der Waals surface area contributed by atoms with Gasteiger partial charge in [0.2, 0.25) is 6.29 Å². The Labute approximate surface area is 223 Å². The molecule has 0 spiro atoms. The SMILES string of the molecule is COc1cc(O[C@@H]2OC(C)(C)C(OC)C(O)C2O)c(C)c2oc(=O)c(NC(=O)c3cc4ccccc4[nH]3)cc12. The molecule has 1 fully saturated rings. The number of aryl methyl sites for hydroxylation is 1. The van der Waals surface area contributed by atoms with E-state index in [0.29, 0.717) is 10.9 Å². The lowest BCUT2D eigenvalue weighted by Gasteiger charge is -2.46. The number of aliphatic hydroxyl groups excluding tert-OH is 2. The number of aromatic nitrogens is 1. The van der Waals surface area contributed by atoms with Crippen LogP contribution in [0, 0.1) is 6.92 Å². The zero-order valence-corrected chi connectivity index (χ0v) is 22.1. The number of aliphatic hydroxyl groups is 2. The Balaban J connectivity index is 1.47. The molecule has 1 aliphatic rings. The average molecular weight is 539 g/mol. The van der Waals surface area contributed by atoms with Gasteiger partial charge in [-0.2, -0.15) is 0 Å². The number of para-hydroxylation sites is 1. The maximum absolute atomic E-state index is 12.9. The van der Waals surface area contributed by atoms with Crippen LogP contribution in [0.1, 0.15) is 29.9 Å². The number of benzene rings is 2. The van der Waals surface area contributed by atoms with Gasteiger partial charge in [-0.1, -0.05) is 18.2 Å². The van der Waals surface area contributed by atoms with E-state index in [1.807, 2.05) is 24.3 Å². The van der Waals surface area contributed by atoms with E-state index in [-0.39, 0.29) is 28.5 Å². The van der Waals surface area contributed by atoms with Crippen LogP contribution in [0.3, 0.4) is 0 Å². The third kappa shape index (κ3) is 4.74. The van der Waals surface area contributed by atoms with Crippen LogP contribution in [0.15, 0.2) is 51.7 Å². The highest BCUT2D eigenvalue weighted by Crippen LogP contribution is 2.39. The molecule has 4 aromatic rings. The average Bonchev–Trinajstić information content (AvgIpc) is 3.34. The molecule has 0 bridgehead atoms. The standard InChI is InChI=1S/C28H30N2O9/c1-13-19(37-27-22(32)21(31)24(36-5)28(2,3)39-27)12-20(35-4)15-11-18(26(34)38-23(13)15)30-25(33)17-10-14-8-6-7-9-16(14)29-17/h6-12,21-22,24,27,29,31-32H,1-5H3,(H,30,33)/t21?,22?,24?,27-/m1/s1. The number of hydrogen-bond donors (Lipinski definition) is 4. The van der Waals surface area contributed by atoms with Crippen LogP contribution >= 0.6 is 0 Å². The van der Waals surface area contributed by atoms with Crippen molar-refractivity contribution in [1.82, 2.24) is 4.98 Å². The number of carbonyl (C=O) groups is 1. The van der Waals surface area contributed by atoms with Crippen molar-refractivity contribution in [3.05, 3.63) is 64.1 Å². The highest BCUT2D eigenvalue weighted by Gasteiger charge is 2.50. The molecule has 11 heteroatoms. The summed E-state index contributed by atoms with van der Waals surface area (Å²) in [7, 11) is 2.86. The molecular formula is C28H30N2O9. The minimum atomic E-state index is -1.42. The van der Waals surface area contributed by atoms with Gasteiger partial charge in [0, 0.05) is 29.6 Å². The Morgan fingerprint density at radius 3 is 2.51 bits per heavy atom. The molecule has 0 aliphatic carbocycles. The lowest BCUT2D eigenvalue weighted by molar-refractivity contribution is -0.306. The molecule has 11 nitrogen and oxygen atoms in total. The lowest BCUT2D eigenvalue weighted by atomic mass is 9.89. The number of anilines is 1. The molecule has 2 aromatic heterocycles. The molecule has 0 saturated carbocycles. The second kappa shape index (κ2) is 10.0. The number of hydrogen-bond acceptors (Lipinski definition) is 9. The van der Waals surface area contributed by atoms with Gasteiger partial charge in [0.1, 0.15) is 46.8 Å². The van der Waals surface area contributed by atoms with E-state index < -0.39 is 41.7 Å². The molecule has 1 aliphatic heterocycles. The molecule has 1 amide bonds. The molecule has 4 N–H and O–H groups in total. The second-order valence-electron chi connectivity index (χ2n) is 9.96. The van der Waals surface area contributed by atoms with Crippen molar-refractivity contribution in [3.8, 4) is 11.5 Å². The largest absolute Gasteiger partial charge is 0.496 e. The predicted octanol–water partition coefficient (Wildman–Crippen LogP) is 3.09. The smallest absolute Gasteiger partial charge is 0.360 e. The maximum Gasteiger partial charge on any atom is 0.360 e. The second-order valence-corrected chi connectivity index (χ2v) is 9.96. The summed E-state index contributed by atoms with van der Waals surface area (Å²) in [5.41, 5.74) is -0.154. The quantitative estimate of drug-likeness (QED) is 0.271. The van der Waals surface area contributed by atoms with Gasteiger partial charge in [-0.05, 0) is 39.0 Å². The molecule has 3 heterocycles. The third-order valence-electron chi connectivity index (χ3n) is 6.97. The van der Waals surface area contributed by atoms with Crippen molar-refractivity contribution in [3.63, 3.8) is 0 Å². The molecule has 0 radical (unpaired) electrons. The minimum absolute atomic E-state index is 0.0703. The molecule has 4 atom stereocenters. The van der Waals surface area contributed by atoms with Crippen molar-refractivity contribution < 1.29 is 38.4 Å². The summed E-state index contributed by atoms with van der Waals surface area (Å²) in [4.78, 5) is 28.8. The van der Waals surface area contributed by atoms with E-state index in [4.69, 9.17) is 23.4 Å². The van der Waals surface area contributed by atoms with E-state index in [1.165, 1.54) is 20.3 Å². The Morgan fingerprint density at radius 1 is 1.08 bits per heavy atom. The van der Waals surface area contributed by atoms with Gasteiger partial charge < -0.3 is 43.9 Å². The Hall–Kier alpha value is -3.90. The summed E-state index contributed by atoms with van der Waals surface area (Å²) in [6.07, 6.45) is -4.72. The fourth-order valence-corrected chi connectivity index (χ4v) is 4.94. The van der Waals surface area contributed by atoms with Crippen LogP contribution in [0.4, 0.5) is 5.69 Å². The first-order valence-corrected chi connectivity index (χ1v) is 12.3. The van der Waals surface area contributed by atoms with Crippen LogP contribution in [0.2, 0.25) is 0 Å². The zero-order valence-electron chi connectivity index (χ0n) is 22.1. The first-order chi connectivity index (χ1) is 18.5. The maximum atomic E-state index is 12.9. The predicted molar refractivity (Wildman–Crippen MR) is 142 cm³/mol. The van der Waals surface area contributed by atoms with Gasteiger partial charge in [0.05, 0.1) is 18.1 Å². The zero-order chi connectivity index (χ0) is 28.1. The highest BCUT2D eigenvalue weighted by molar-refractivity contribution is 6.06. The number of amides is 1. The van der Waals surface area contributed by atoms with Gasteiger partial charge in [-0.15, -0.1) is 0 Å². The van der Waals surface area contributed by atoms with Crippen LogP contribution in [0.5, 0.6) is 11.5 Å². The van der Waals surface area contributed by atoms with Gasteiger partial charge >= 0.3 is 5.63 Å². The van der Waals surface area contributed by atoms with Gasteiger partial charge in [0.25, 0.3) is 5.91 Å². The molecule has 5 rings (SSSR count). The normalized spacial score (nSPS) is 22.6. The van der Waals surface area contributed by atoms with E-state index in [0.717, 1.165) is 10.9 Å². The molecule has 1 saturated heterocycles. The lowest BCUT2D eigenvalue weighted by Crippen LogP contribution is -2.63. The summed E-state index contributed by atoms with van der Waals surface area (Å²) in [6, 6.07) is 12.1. The Morgan fingerprint density at radius 2 is 1.82 bits per heavy atom. The van der Waals surface area contributed by atoms with E-state index in [1.54, 1.807) is 32.9 Å². The summed E-state index contributed by atoms with van der Waals surface area (Å²) in [5.74, 6) is -0.0110. The first kappa shape index (κ1) is 26.7. The number of methoxy groups -OCH3 is 2. The fraction of sp³-hybridized carbons (Fsp3) is 0.357. The van der Waals surface area contributed by atoms with Crippen LogP contribution in [-0.2, 0) is 9.47 Å². The van der Waals surface area contributed by atoms with Gasteiger partial charge in [-0.25, -0.2) is 4.79 Å². The van der Waals surface area contributed by atoms with Crippen LogP contribution < -0.4 is 20.4 Å². The first-order valence-electron chi connectivity index (χ1n) is 12.3. The minimum Gasteiger partial charge on any atom is -0.496 e. The highest BCUT2D eigenvalue weighted by atomic mass is 16.7. The molecule has 3 unspecified atom stereocenters. The third-order valence-corrected chi connectivity index (χ3v) is 6.97. The van der Waals surface area contributed by atoms with Crippen molar-refractivity contribution in [2.75, 3.05) is 19.5 Å². The van der Waals surface area contributed by atoms with E-state index in [9.17, 15) is 19.8 Å². The fourth-order valence-electron chi connectivity index (χ4n) is 4.94. The number of aromatic amines is 1. The Bertz CT molecular complexity index is 1570. The number of carbonyl (C=O) groups excluding carboxylic acids is 1. The number of ether oxygens (including phenoxy) is 4. The molecule has 206 valence electrons. The van der Waals surface area contributed by atoms with Crippen LogP contribution in [-0.4, -0.2) is 65.5 Å². The topological polar surface area (TPSA) is 152 Å². The van der Waals surface area contributed by atoms with Gasteiger partial charge in [0.15, 0.2) is 0 Å². The van der Waals surface area contributed by atoms with E-state index >= 15 is 0 Å². The van der Waals surface area contributed by atoms with Crippen LogP contribution in [0.25, 0.3) is 21.9 Å². The monoisotopic (exact) mass is 538 g/mol. The number of H-pyrrole nitrogens is 1. The molecular weight excluding hydrogens is 508 g/mol. The number of fused-ring (bicyclic) bond motifs is 2. The summed E-state index contributed by atoms with van der Waals surface area (Å²) < 4.78 is 28.3. The van der Waals surface area contributed by atoms with Crippen molar-refractivity contribution in [1.29, 1.82) is 0 Å². The van der Waals surface area contributed by atoms with E-state index in [2.05, 4.69) is 10.3 Å². The van der Waals surface area contributed by atoms with Crippen molar-refractivity contribution in [2.45, 2.75) is 51.0 Å². The van der Waals surface area contributed by atoms with Crippen molar-refractivity contribution in [2.24, 2.45) is 0 Å². The molecule has 39 heavy (non-hydrogen) atoms. The van der Waals surface area contributed by atoms with Gasteiger partial charge in [-0.3, -0.25) is 4.79 Å². The number of nitrogens with one attached hydrogen (secondary N) is 2.